The number of aromatic nitrogens is 2. The predicted octanol–water partition coefficient (Wildman–Crippen LogP) is -0.0570. The van der Waals surface area contributed by atoms with Gasteiger partial charge in [0.1, 0.15) is 5.69 Å². The Morgan fingerprint density at radius 1 is 1.53 bits per heavy atom. The van der Waals surface area contributed by atoms with Gasteiger partial charge in [0.05, 0.1) is 6.33 Å². The third kappa shape index (κ3) is 2.27. The molecule has 0 bridgehead atoms. The van der Waals surface area contributed by atoms with Gasteiger partial charge in [-0.25, -0.2) is 4.98 Å². The van der Waals surface area contributed by atoms with Crippen LogP contribution in [0.25, 0.3) is 0 Å². The number of ether oxygens (including phenoxy) is 1. The van der Waals surface area contributed by atoms with Crippen LogP contribution in [0.2, 0.25) is 0 Å². The molecule has 1 aliphatic heterocycles. The number of nitrogen functional groups attached to an aromatic ring is 1. The van der Waals surface area contributed by atoms with Crippen molar-refractivity contribution < 1.29 is 4.74 Å². The van der Waals surface area contributed by atoms with E-state index in [1.807, 2.05) is 0 Å². The van der Waals surface area contributed by atoms with Crippen molar-refractivity contribution >= 4 is 11.5 Å². The smallest absolute Gasteiger partial charge is 0.276 e. The zero-order valence-electron chi connectivity index (χ0n) is 8.32. The Morgan fingerprint density at radius 3 is 3.00 bits per heavy atom. The minimum absolute atomic E-state index is 0.143. The summed E-state index contributed by atoms with van der Waals surface area (Å²) in [6, 6.07) is 0.287. The second-order valence-corrected chi connectivity index (χ2v) is 3.52. The molecule has 15 heavy (non-hydrogen) atoms. The first kappa shape index (κ1) is 9.97. The fraction of sp³-hybridized carbons (Fsp3) is 0.556. The van der Waals surface area contributed by atoms with Crippen molar-refractivity contribution in [2.24, 2.45) is 0 Å². The van der Waals surface area contributed by atoms with E-state index in [1.54, 1.807) is 0 Å². The molecule has 0 atom stereocenters. The van der Waals surface area contributed by atoms with Crippen molar-refractivity contribution in [3.05, 3.63) is 16.7 Å². The van der Waals surface area contributed by atoms with Crippen molar-refractivity contribution in [3.63, 3.8) is 0 Å². The van der Waals surface area contributed by atoms with Crippen LogP contribution >= 0.6 is 0 Å². The highest BCUT2D eigenvalue weighted by atomic mass is 16.5. The van der Waals surface area contributed by atoms with Crippen LogP contribution < -0.4 is 16.6 Å². The molecule has 6 nitrogen and oxygen atoms in total. The van der Waals surface area contributed by atoms with Gasteiger partial charge >= 0.3 is 0 Å². The first-order valence-corrected chi connectivity index (χ1v) is 4.95. The highest BCUT2D eigenvalue weighted by Crippen LogP contribution is 2.15. The van der Waals surface area contributed by atoms with Crippen molar-refractivity contribution in [2.75, 3.05) is 24.3 Å². The molecule has 0 aliphatic carbocycles. The van der Waals surface area contributed by atoms with Crippen molar-refractivity contribution in [1.82, 2.24) is 9.97 Å². The summed E-state index contributed by atoms with van der Waals surface area (Å²) in [6.45, 7) is 1.47. The van der Waals surface area contributed by atoms with Gasteiger partial charge in [-0.3, -0.25) is 4.79 Å². The summed E-state index contributed by atoms with van der Waals surface area (Å²) in [4.78, 5) is 17.6. The molecule has 1 aromatic rings. The molecule has 0 unspecified atom stereocenters. The molecular weight excluding hydrogens is 196 g/mol. The van der Waals surface area contributed by atoms with Crippen molar-refractivity contribution in [2.45, 2.75) is 18.9 Å². The number of nitrogens with zero attached hydrogens (tertiary/aromatic N) is 1. The largest absolute Gasteiger partial charge is 0.391 e. The average molecular weight is 210 g/mol. The molecule has 0 spiro atoms. The van der Waals surface area contributed by atoms with Gasteiger partial charge in [0.15, 0.2) is 5.82 Å². The Balaban J connectivity index is 2.09. The topological polar surface area (TPSA) is 93.0 Å². The minimum atomic E-state index is -0.306. The molecule has 1 aromatic heterocycles. The minimum Gasteiger partial charge on any atom is -0.391 e. The van der Waals surface area contributed by atoms with Gasteiger partial charge in [-0.05, 0) is 12.8 Å². The number of rotatable bonds is 2. The Hall–Kier alpha value is -1.56. The lowest BCUT2D eigenvalue weighted by atomic mass is 10.1. The number of nitrogens with one attached hydrogen (secondary N) is 2. The molecular formula is C9H14N4O2. The fourth-order valence-electron chi connectivity index (χ4n) is 1.56. The predicted molar refractivity (Wildman–Crippen MR) is 56.7 cm³/mol. The summed E-state index contributed by atoms with van der Waals surface area (Å²) in [7, 11) is 0. The maximum atomic E-state index is 11.2. The highest BCUT2D eigenvalue weighted by molar-refractivity contribution is 5.59. The first-order valence-electron chi connectivity index (χ1n) is 4.95. The molecule has 6 heteroatoms. The third-order valence-corrected chi connectivity index (χ3v) is 2.45. The van der Waals surface area contributed by atoms with Crippen LogP contribution in [0.4, 0.5) is 11.5 Å². The Morgan fingerprint density at radius 2 is 2.27 bits per heavy atom. The lowest BCUT2D eigenvalue weighted by Gasteiger charge is -2.23. The van der Waals surface area contributed by atoms with E-state index in [9.17, 15) is 4.79 Å². The van der Waals surface area contributed by atoms with Crippen LogP contribution in [-0.4, -0.2) is 29.2 Å². The standard InChI is InChI=1S/C9H14N4O2/c10-7-8(11-5-12-9(7)14)13-6-1-3-15-4-2-6/h5-6H,1-4,10H2,(H2,11,12,13,14). The van der Waals surface area contributed by atoms with Gasteiger partial charge < -0.3 is 20.8 Å². The molecule has 1 aliphatic rings. The fourth-order valence-corrected chi connectivity index (χ4v) is 1.56. The second kappa shape index (κ2) is 4.31. The molecule has 1 saturated heterocycles. The van der Waals surface area contributed by atoms with E-state index in [0.29, 0.717) is 5.82 Å². The second-order valence-electron chi connectivity index (χ2n) is 3.52. The van der Waals surface area contributed by atoms with E-state index < -0.39 is 0 Å². The van der Waals surface area contributed by atoms with Crippen LogP contribution in [0.5, 0.6) is 0 Å². The lowest BCUT2D eigenvalue weighted by molar-refractivity contribution is 0.0904. The number of nitrogens with two attached hydrogens (primary N) is 1. The molecule has 2 heterocycles. The zero-order valence-corrected chi connectivity index (χ0v) is 8.32. The summed E-state index contributed by atoms with van der Waals surface area (Å²) in [5.74, 6) is 0.464. The van der Waals surface area contributed by atoms with Gasteiger partial charge in [0, 0.05) is 19.3 Å². The quantitative estimate of drug-likeness (QED) is 0.636. The van der Waals surface area contributed by atoms with Crippen molar-refractivity contribution in [3.8, 4) is 0 Å². The van der Waals surface area contributed by atoms with E-state index >= 15 is 0 Å². The van der Waals surface area contributed by atoms with Crippen LogP contribution in [0.15, 0.2) is 11.1 Å². The van der Waals surface area contributed by atoms with Crippen LogP contribution in [-0.2, 0) is 4.74 Å². The number of hydrogen-bond donors (Lipinski definition) is 3. The normalized spacial score (nSPS) is 17.6. The average Bonchev–Trinajstić information content (AvgIpc) is 2.26. The van der Waals surface area contributed by atoms with E-state index in [1.165, 1.54) is 6.33 Å². The van der Waals surface area contributed by atoms with Gasteiger partial charge in [-0.2, -0.15) is 0 Å². The maximum Gasteiger partial charge on any atom is 0.276 e. The van der Waals surface area contributed by atoms with Gasteiger partial charge in [-0.1, -0.05) is 0 Å². The molecule has 2 rings (SSSR count). The SMILES string of the molecule is Nc1c(NC2CCOCC2)nc[nH]c1=O. The zero-order chi connectivity index (χ0) is 10.7. The van der Waals surface area contributed by atoms with Crippen LogP contribution in [0.3, 0.4) is 0 Å². The Labute approximate surface area is 86.9 Å². The first-order chi connectivity index (χ1) is 7.27. The summed E-state index contributed by atoms with van der Waals surface area (Å²) < 4.78 is 5.23. The Kier molecular flexibility index (Phi) is 2.86. The molecule has 1 fully saturated rings. The molecule has 4 N–H and O–H groups in total. The highest BCUT2D eigenvalue weighted by Gasteiger charge is 2.15. The third-order valence-electron chi connectivity index (χ3n) is 2.45. The summed E-state index contributed by atoms with van der Waals surface area (Å²) >= 11 is 0. The molecule has 82 valence electrons. The summed E-state index contributed by atoms with van der Waals surface area (Å²) in [5, 5.41) is 3.15. The number of aromatic amines is 1. The summed E-state index contributed by atoms with van der Waals surface area (Å²) in [6.07, 6.45) is 3.17. The van der Waals surface area contributed by atoms with Gasteiger partial charge in [0.25, 0.3) is 5.56 Å². The molecule has 0 radical (unpaired) electrons. The van der Waals surface area contributed by atoms with Crippen LogP contribution in [0, 0.1) is 0 Å². The van der Waals surface area contributed by atoms with Gasteiger partial charge in [0.2, 0.25) is 0 Å². The van der Waals surface area contributed by atoms with Crippen molar-refractivity contribution in [1.29, 1.82) is 0 Å². The monoisotopic (exact) mass is 210 g/mol. The maximum absolute atomic E-state index is 11.2. The van der Waals surface area contributed by atoms with Gasteiger partial charge in [-0.15, -0.1) is 0 Å². The van der Waals surface area contributed by atoms with E-state index in [4.69, 9.17) is 10.5 Å². The lowest BCUT2D eigenvalue weighted by Crippen LogP contribution is -2.29. The summed E-state index contributed by atoms with van der Waals surface area (Å²) in [5.41, 5.74) is 5.44. The Bertz CT molecular complexity index is 384. The molecule has 0 amide bonds. The number of anilines is 2. The van der Waals surface area contributed by atoms with E-state index in [0.717, 1.165) is 26.1 Å². The molecule has 0 aromatic carbocycles. The van der Waals surface area contributed by atoms with E-state index in [2.05, 4.69) is 15.3 Å². The molecule has 0 saturated carbocycles. The number of hydrogen-bond acceptors (Lipinski definition) is 5. The van der Waals surface area contributed by atoms with E-state index in [-0.39, 0.29) is 17.3 Å². The number of H-pyrrole nitrogens is 1. The van der Waals surface area contributed by atoms with Crippen LogP contribution in [0.1, 0.15) is 12.8 Å².